The largest absolute Gasteiger partial charge is 0.466 e. The number of carbonyl (C=O) groups is 3. The molecule has 6 nitrogen and oxygen atoms in total. The average molecular weight is 349 g/mol. The molecule has 2 rings (SSSR count). The summed E-state index contributed by atoms with van der Waals surface area (Å²) in [7, 11) is 1.29. The summed E-state index contributed by atoms with van der Waals surface area (Å²) in [5, 5.41) is 0.572. The zero-order chi connectivity index (χ0) is 17.4. The molecule has 0 radical (unpaired) electrons. The number of amides is 1. The molecule has 1 saturated heterocycles. The van der Waals surface area contributed by atoms with Crippen LogP contribution in [0.25, 0.3) is 0 Å². The van der Waals surface area contributed by atoms with Gasteiger partial charge in [-0.25, -0.2) is 4.79 Å². The van der Waals surface area contributed by atoms with Crippen molar-refractivity contribution in [1.29, 1.82) is 0 Å². The topological polar surface area (TPSA) is 72.9 Å². The predicted octanol–water partition coefficient (Wildman–Crippen LogP) is 1.75. The van der Waals surface area contributed by atoms with Crippen LogP contribution >= 0.6 is 11.8 Å². The third-order valence-electron chi connectivity index (χ3n) is 3.33. The normalized spacial score (nSPS) is 15.6. The van der Waals surface area contributed by atoms with E-state index in [9.17, 15) is 14.4 Å². The van der Waals surface area contributed by atoms with E-state index in [1.165, 1.54) is 29.8 Å². The van der Waals surface area contributed by atoms with Gasteiger partial charge in [-0.15, -0.1) is 0 Å². The molecule has 1 fully saturated rings. The van der Waals surface area contributed by atoms with Gasteiger partial charge in [0.2, 0.25) is 5.91 Å². The van der Waals surface area contributed by atoms with Crippen LogP contribution in [0.5, 0.6) is 0 Å². The molecule has 0 spiro atoms. The van der Waals surface area contributed by atoms with E-state index in [-0.39, 0.29) is 24.9 Å². The maximum Gasteiger partial charge on any atom is 0.333 e. The van der Waals surface area contributed by atoms with E-state index in [1.807, 2.05) is 30.3 Å². The lowest BCUT2D eigenvalue weighted by Gasteiger charge is -2.16. The number of methoxy groups -OCH3 is 1. The molecule has 0 aliphatic carbocycles. The maximum absolute atomic E-state index is 11.8. The molecule has 1 heterocycles. The van der Waals surface area contributed by atoms with E-state index in [1.54, 1.807) is 0 Å². The lowest BCUT2D eigenvalue weighted by atomic mass is 10.2. The summed E-state index contributed by atoms with van der Waals surface area (Å²) in [6.45, 7) is 0.624. The standard InChI is InChI=1S/C17H19NO5S/c1-22-16(20)11-15-18(14(19)12-24-15)8-5-9-23-17(21)10-13-6-3-2-4-7-13/h2-4,6-7,11H,5,8-10,12H2,1H3/b15-11+. The van der Waals surface area contributed by atoms with Crippen LogP contribution in [-0.4, -0.2) is 48.8 Å². The third-order valence-corrected chi connectivity index (χ3v) is 4.36. The number of hydrogen-bond donors (Lipinski definition) is 0. The van der Waals surface area contributed by atoms with Crippen LogP contribution in [0.1, 0.15) is 12.0 Å². The second-order valence-corrected chi connectivity index (χ2v) is 6.07. The van der Waals surface area contributed by atoms with Crippen molar-refractivity contribution in [3.8, 4) is 0 Å². The van der Waals surface area contributed by atoms with Crippen LogP contribution in [0.2, 0.25) is 0 Å². The Kier molecular flexibility index (Phi) is 6.87. The Bertz CT molecular complexity index is 629. The van der Waals surface area contributed by atoms with Crippen molar-refractivity contribution in [2.75, 3.05) is 26.0 Å². The van der Waals surface area contributed by atoms with Gasteiger partial charge in [0.1, 0.15) is 0 Å². The molecule has 1 aromatic rings. The quantitative estimate of drug-likeness (QED) is 0.424. The molecule has 0 N–H and O–H groups in total. The van der Waals surface area contributed by atoms with Gasteiger partial charge in [-0.05, 0) is 12.0 Å². The summed E-state index contributed by atoms with van der Waals surface area (Å²) < 4.78 is 9.76. The zero-order valence-electron chi connectivity index (χ0n) is 13.4. The molecule has 128 valence electrons. The number of nitrogens with zero attached hydrogens (tertiary/aromatic N) is 1. The molecule has 1 aliphatic heterocycles. The van der Waals surface area contributed by atoms with Crippen LogP contribution in [-0.2, 0) is 30.3 Å². The van der Waals surface area contributed by atoms with Gasteiger partial charge in [0.25, 0.3) is 0 Å². The molecule has 1 amide bonds. The van der Waals surface area contributed by atoms with Crippen LogP contribution < -0.4 is 0 Å². The Morgan fingerprint density at radius 3 is 2.75 bits per heavy atom. The van der Waals surface area contributed by atoms with Gasteiger partial charge in [-0.3, -0.25) is 9.59 Å². The summed E-state index contributed by atoms with van der Waals surface area (Å²) in [5.41, 5.74) is 0.900. The molecule has 24 heavy (non-hydrogen) atoms. The van der Waals surface area contributed by atoms with Gasteiger partial charge in [-0.2, -0.15) is 0 Å². The van der Waals surface area contributed by atoms with Crippen molar-refractivity contribution in [2.45, 2.75) is 12.8 Å². The molecule has 0 atom stereocenters. The third kappa shape index (κ3) is 5.42. The zero-order valence-corrected chi connectivity index (χ0v) is 14.2. The molecule has 1 aromatic carbocycles. The number of ether oxygens (including phenoxy) is 2. The van der Waals surface area contributed by atoms with Gasteiger partial charge in [-0.1, -0.05) is 42.1 Å². The molecule has 0 unspecified atom stereocenters. The number of thioether (sulfide) groups is 1. The van der Waals surface area contributed by atoms with Crippen LogP contribution in [0.3, 0.4) is 0 Å². The molecular formula is C17H19NO5S. The van der Waals surface area contributed by atoms with Crippen molar-refractivity contribution in [3.63, 3.8) is 0 Å². The molecule has 7 heteroatoms. The highest BCUT2D eigenvalue weighted by molar-refractivity contribution is 8.04. The second-order valence-electron chi connectivity index (χ2n) is 5.08. The minimum Gasteiger partial charge on any atom is -0.466 e. The maximum atomic E-state index is 11.8. The summed E-state index contributed by atoms with van der Waals surface area (Å²) in [6.07, 6.45) is 2.04. The number of hydrogen-bond acceptors (Lipinski definition) is 6. The summed E-state index contributed by atoms with van der Waals surface area (Å²) in [4.78, 5) is 36.4. The van der Waals surface area contributed by atoms with E-state index < -0.39 is 5.97 Å². The smallest absolute Gasteiger partial charge is 0.333 e. The van der Waals surface area contributed by atoms with Gasteiger partial charge >= 0.3 is 11.9 Å². The predicted molar refractivity (Wildman–Crippen MR) is 90.0 cm³/mol. The van der Waals surface area contributed by atoms with Gasteiger partial charge < -0.3 is 14.4 Å². The fourth-order valence-corrected chi connectivity index (χ4v) is 3.11. The first-order chi connectivity index (χ1) is 11.6. The van der Waals surface area contributed by atoms with Gasteiger partial charge in [0.15, 0.2) is 0 Å². The molecule has 1 aliphatic rings. The number of esters is 2. The Morgan fingerprint density at radius 2 is 2.04 bits per heavy atom. The highest BCUT2D eigenvalue weighted by Gasteiger charge is 2.26. The lowest BCUT2D eigenvalue weighted by molar-refractivity contribution is -0.143. The van der Waals surface area contributed by atoms with Crippen molar-refractivity contribution in [2.24, 2.45) is 0 Å². The Labute approximate surface area is 144 Å². The fourth-order valence-electron chi connectivity index (χ4n) is 2.15. The average Bonchev–Trinajstić information content (AvgIpc) is 2.92. The van der Waals surface area contributed by atoms with Crippen molar-refractivity contribution < 1.29 is 23.9 Å². The van der Waals surface area contributed by atoms with Crippen molar-refractivity contribution >= 4 is 29.6 Å². The van der Waals surface area contributed by atoms with E-state index in [4.69, 9.17) is 4.74 Å². The van der Waals surface area contributed by atoms with Gasteiger partial charge in [0, 0.05) is 6.54 Å². The minimum absolute atomic E-state index is 0.0641. The SMILES string of the molecule is COC(=O)/C=C1/SCC(=O)N1CCCOC(=O)Cc1ccccc1. The monoisotopic (exact) mass is 349 g/mol. The van der Waals surface area contributed by atoms with Crippen molar-refractivity contribution in [1.82, 2.24) is 4.90 Å². The number of benzene rings is 1. The highest BCUT2D eigenvalue weighted by Crippen LogP contribution is 2.28. The molecule has 0 aromatic heterocycles. The van der Waals surface area contributed by atoms with Crippen LogP contribution in [0, 0.1) is 0 Å². The Balaban J connectivity index is 1.74. The Morgan fingerprint density at radius 1 is 1.29 bits per heavy atom. The fraction of sp³-hybridized carbons (Fsp3) is 0.353. The molecule has 0 bridgehead atoms. The van der Waals surface area contributed by atoms with E-state index in [0.717, 1.165) is 5.56 Å². The highest BCUT2D eigenvalue weighted by atomic mass is 32.2. The lowest BCUT2D eigenvalue weighted by Crippen LogP contribution is -2.27. The van der Waals surface area contributed by atoms with Gasteiger partial charge in [0.05, 0.1) is 37.0 Å². The number of carbonyl (C=O) groups excluding carboxylic acids is 3. The van der Waals surface area contributed by atoms with Crippen molar-refractivity contribution in [3.05, 3.63) is 47.0 Å². The first kappa shape index (κ1) is 18.1. The summed E-state index contributed by atoms with van der Waals surface area (Å²) in [5.74, 6) is -0.553. The summed E-state index contributed by atoms with van der Waals surface area (Å²) in [6, 6.07) is 9.36. The molecule has 0 saturated carbocycles. The van der Waals surface area contributed by atoms with E-state index >= 15 is 0 Å². The molecular weight excluding hydrogens is 330 g/mol. The number of rotatable bonds is 7. The summed E-state index contributed by atoms with van der Waals surface area (Å²) >= 11 is 1.30. The van der Waals surface area contributed by atoms with Crippen LogP contribution in [0.4, 0.5) is 0 Å². The van der Waals surface area contributed by atoms with Crippen LogP contribution in [0.15, 0.2) is 41.4 Å². The minimum atomic E-state index is -0.494. The first-order valence-electron chi connectivity index (χ1n) is 7.52. The Hall–Kier alpha value is -2.28. The first-order valence-corrected chi connectivity index (χ1v) is 8.51. The second kappa shape index (κ2) is 9.12. The van der Waals surface area contributed by atoms with E-state index in [2.05, 4.69) is 4.74 Å². The van der Waals surface area contributed by atoms with E-state index in [0.29, 0.717) is 23.7 Å².